The van der Waals surface area contributed by atoms with Crippen LogP contribution in [-0.2, 0) is 28.7 Å². The molecule has 3 aromatic rings. The second kappa shape index (κ2) is 10.6. The first-order chi connectivity index (χ1) is 19.1. The largest absolute Gasteiger partial charge is 0.534 e. The summed E-state index contributed by atoms with van der Waals surface area (Å²) >= 11 is 0. The molecule has 2 aliphatic heterocycles. The normalized spacial score (nSPS) is 20.9. The number of alkyl halides is 3. The van der Waals surface area contributed by atoms with Crippen molar-refractivity contribution in [2.45, 2.75) is 90.2 Å². The Morgan fingerprint density at radius 1 is 0.714 bits per heavy atom. The van der Waals surface area contributed by atoms with Gasteiger partial charge in [-0.15, -0.1) is 0 Å². The molecular formula is C28H35B2F3O8S. The third kappa shape index (κ3) is 6.10. The molecule has 42 heavy (non-hydrogen) atoms. The Bertz CT molecular complexity index is 1480. The molecule has 5 rings (SSSR count). The van der Waals surface area contributed by atoms with Gasteiger partial charge in [-0.3, -0.25) is 0 Å². The van der Waals surface area contributed by atoms with E-state index in [0.717, 1.165) is 16.5 Å². The average molecular weight is 610 g/mol. The number of halogens is 3. The summed E-state index contributed by atoms with van der Waals surface area (Å²) in [6.07, 6.45) is 1.55. The minimum absolute atomic E-state index is 0.360. The van der Waals surface area contributed by atoms with Crippen LogP contribution < -0.4 is 4.18 Å². The van der Waals surface area contributed by atoms with E-state index in [2.05, 4.69) is 4.18 Å². The van der Waals surface area contributed by atoms with Gasteiger partial charge in [0.2, 0.25) is 0 Å². The van der Waals surface area contributed by atoms with Crippen LogP contribution in [0.15, 0.2) is 53.1 Å². The van der Waals surface area contributed by atoms with E-state index in [4.69, 9.17) is 23.0 Å². The van der Waals surface area contributed by atoms with Crippen LogP contribution in [0.2, 0.25) is 0 Å². The molecule has 0 radical (unpaired) electrons. The van der Waals surface area contributed by atoms with Gasteiger partial charge in [-0.25, -0.2) is 0 Å². The Morgan fingerprint density at radius 2 is 1.17 bits per heavy atom. The van der Waals surface area contributed by atoms with Gasteiger partial charge in [-0.1, -0.05) is 24.3 Å². The number of hydrogen-bond donors (Lipinski definition) is 0. The maximum absolute atomic E-state index is 12.3. The predicted octanol–water partition coefficient (Wildman–Crippen LogP) is 6.89. The van der Waals surface area contributed by atoms with E-state index < -0.39 is 35.4 Å². The van der Waals surface area contributed by atoms with E-state index >= 15 is 0 Å². The fraction of sp³-hybridized carbons (Fsp3) is 0.500. The summed E-state index contributed by atoms with van der Waals surface area (Å²) in [4.78, 5) is 0. The quantitative estimate of drug-likeness (QED) is 0.179. The molecule has 2 aliphatic rings. The molecule has 0 aliphatic carbocycles. The molecule has 0 amide bonds. The van der Waals surface area contributed by atoms with Crippen molar-refractivity contribution in [2.75, 3.05) is 0 Å². The van der Waals surface area contributed by atoms with Gasteiger partial charge in [-0.2, -0.15) is 21.6 Å². The average Bonchev–Trinajstić information content (AvgIpc) is 3.47. The Kier molecular flexibility index (Phi) is 8.17. The van der Waals surface area contributed by atoms with Crippen LogP contribution in [0, 0.1) is 6.92 Å². The van der Waals surface area contributed by atoms with Gasteiger partial charge in [-0.05, 0) is 97.2 Å². The van der Waals surface area contributed by atoms with E-state index in [1.165, 1.54) is 24.3 Å². The number of fused-ring (bicyclic) bond motifs is 1. The number of furan rings is 1. The zero-order valence-corrected chi connectivity index (χ0v) is 25.9. The minimum atomic E-state index is -5.67. The van der Waals surface area contributed by atoms with Crippen molar-refractivity contribution in [3.05, 3.63) is 54.3 Å². The highest BCUT2D eigenvalue weighted by Crippen LogP contribution is 2.43. The first-order valence-corrected chi connectivity index (χ1v) is 14.8. The van der Waals surface area contributed by atoms with Crippen LogP contribution >= 0.6 is 0 Å². The van der Waals surface area contributed by atoms with Crippen molar-refractivity contribution in [1.29, 1.82) is 0 Å². The van der Waals surface area contributed by atoms with Gasteiger partial charge in [0.05, 0.1) is 28.7 Å². The molecule has 2 aromatic carbocycles. The van der Waals surface area contributed by atoms with Crippen LogP contribution in [0.25, 0.3) is 22.1 Å². The molecule has 0 bridgehead atoms. The van der Waals surface area contributed by atoms with Gasteiger partial charge < -0.3 is 27.2 Å². The van der Waals surface area contributed by atoms with Crippen LogP contribution in [0.4, 0.5) is 13.2 Å². The van der Waals surface area contributed by atoms with Crippen LogP contribution in [0.1, 0.15) is 61.0 Å². The molecule has 2 saturated heterocycles. The van der Waals surface area contributed by atoms with Crippen molar-refractivity contribution < 1.29 is 48.8 Å². The Morgan fingerprint density at radius 3 is 1.60 bits per heavy atom. The summed E-state index contributed by atoms with van der Waals surface area (Å²) in [5.74, 6) is -0.411. The molecule has 0 atom stereocenters. The zero-order chi connectivity index (χ0) is 31.5. The highest BCUT2D eigenvalue weighted by Gasteiger charge is 2.63. The molecule has 2 fully saturated rings. The van der Waals surface area contributed by atoms with Crippen molar-refractivity contribution in [2.24, 2.45) is 0 Å². The molecule has 14 heteroatoms. The van der Waals surface area contributed by atoms with Crippen LogP contribution in [0.5, 0.6) is 5.75 Å². The zero-order valence-electron chi connectivity index (χ0n) is 25.1. The van der Waals surface area contributed by atoms with Gasteiger partial charge >= 0.3 is 29.6 Å². The fourth-order valence-electron chi connectivity index (χ4n) is 4.32. The molecular weight excluding hydrogens is 575 g/mol. The predicted molar refractivity (Wildman–Crippen MR) is 154 cm³/mol. The summed E-state index contributed by atoms with van der Waals surface area (Å²) in [7, 11) is -6.63. The van der Waals surface area contributed by atoms with E-state index in [-0.39, 0.29) is 22.4 Å². The molecule has 1 aromatic heterocycles. The number of hydrogen-bond acceptors (Lipinski definition) is 8. The molecule has 0 spiro atoms. The first-order valence-electron chi connectivity index (χ1n) is 13.4. The SMILES string of the molecule is CC1(C)OB(B2OC(C)(C)C(C)(C)O2)OC1(C)C.Cc1ccc(-c2ccc(OS(=O)(=O)C(F)(F)F)cc2)c2ccoc12. The molecule has 0 N–H and O–H groups in total. The molecule has 0 saturated carbocycles. The topological polar surface area (TPSA) is 93.4 Å². The highest BCUT2D eigenvalue weighted by molar-refractivity contribution is 7.88. The standard InChI is InChI=1S/C16H11F3O4S.C12H24B2O4/c1-10-2-7-13(14-8-9-22-15(10)14)11-3-5-12(6-4-11)23-24(20,21)16(17,18)19;1-9(2)10(3,4)16-13(15-9)14-17-11(5,6)12(7,8)18-14/h2-9H,1H3;1-8H3. The maximum atomic E-state index is 12.3. The Hall–Kier alpha value is -2.51. The first kappa shape index (κ1) is 32.4. The third-order valence-electron chi connectivity index (χ3n) is 8.23. The number of rotatable bonds is 4. The van der Waals surface area contributed by atoms with Crippen molar-refractivity contribution in [1.82, 2.24) is 0 Å². The van der Waals surface area contributed by atoms with Crippen molar-refractivity contribution >= 4 is 35.1 Å². The fourth-order valence-corrected chi connectivity index (χ4v) is 4.77. The summed E-state index contributed by atoms with van der Waals surface area (Å²) in [6, 6.07) is 10.8. The van der Waals surface area contributed by atoms with Gasteiger partial charge in [0.1, 0.15) is 11.3 Å². The molecule has 228 valence electrons. The van der Waals surface area contributed by atoms with E-state index in [1.807, 2.05) is 74.4 Å². The van der Waals surface area contributed by atoms with Crippen LogP contribution in [-0.4, -0.2) is 50.3 Å². The van der Waals surface area contributed by atoms with E-state index in [9.17, 15) is 21.6 Å². The molecule has 8 nitrogen and oxygen atoms in total. The lowest BCUT2D eigenvalue weighted by molar-refractivity contribution is -0.0500. The minimum Gasteiger partial charge on any atom is -0.464 e. The summed E-state index contributed by atoms with van der Waals surface area (Å²) in [5, 5.41) is 0.853. The maximum Gasteiger partial charge on any atom is 0.534 e. The summed E-state index contributed by atoms with van der Waals surface area (Å²) < 4.78 is 92.3. The summed E-state index contributed by atoms with van der Waals surface area (Å²) in [5.41, 5.74) is -3.73. The summed E-state index contributed by atoms with van der Waals surface area (Å²) in [6.45, 7) is 18.1. The monoisotopic (exact) mass is 610 g/mol. The second-order valence-corrected chi connectivity index (χ2v) is 13.9. The highest BCUT2D eigenvalue weighted by atomic mass is 32.2. The number of aryl methyl sites for hydroxylation is 1. The third-order valence-corrected chi connectivity index (χ3v) is 9.21. The van der Waals surface area contributed by atoms with E-state index in [0.29, 0.717) is 11.1 Å². The van der Waals surface area contributed by atoms with E-state index in [1.54, 1.807) is 12.3 Å². The van der Waals surface area contributed by atoms with Gasteiger partial charge in [0, 0.05) is 5.39 Å². The smallest absolute Gasteiger partial charge is 0.464 e. The lowest BCUT2D eigenvalue weighted by Crippen LogP contribution is -2.41. The van der Waals surface area contributed by atoms with Crippen LogP contribution in [0.3, 0.4) is 0 Å². The molecule has 3 heterocycles. The van der Waals surface area contributed by atoms with Crippen molar-refractivity contribution in [3.8, 4) is 16.9 Å². The Labute approximate surface area is 245 Å². The lowest BCUT2D eigenvalue weighted by Gasteiger charge is -2.32. The van der Waals surface area contributed by atoms with Gasteiger partial charge in [0.15, 0.2) is 0 Å². The number of benzene rings is 2. The Balaban J connectivity index is 0.000000201. The van der Waals surface area contributed by atoms with Crippen molar-refractivity contribution in [3.63, 3.8) is 0 Å². The second-order valence-electron chi connectivity index (χ2n) is 12.4. The molecule has 0 unspecified atom stereocenters. The van der Waals surface area contributed by atoms with Gasteiger partial charge in [0.25, 0.3) is 0 Å². The lowest BCUT2D eigenvalue weighted by atomic mass is 9.49.